The highest BCUT2D eigenvalue weighted by molar-refractivity contribution is 5.85. The third-order valence-corrected chi connectivity index (χ3v) is 3.24. The van der Waals surface area contributed by atoms with Crippen LogP contribution < -0.4 is 10.1 Å². The minimum absolute atomic E-state index is 0.176. The number of para-hydroxylation sites is 1. The van der Waals surface area contributed by atoms with Gasteiger partial charge in [-0.2, -0.15) is 0 Å². The number of nitrogens with one attached hydrogen (secondary N) is 1. The van der Waals surface area contributed by atoms with Crippen molar-refractivity contribution in [2.45, 2.75) is 45.4 Å². The van der Waals surface area contributed by atoms with Crippen LogP contribution in [0.4, 0.5) is 0 Å². The lowest BCUT2D eigenvalue weighted by atomic mass is 10.1. The molecule has 0 aliphatic heterocycles. The van der Waals surface area contributed by atoms with Gasteiger partial charge >= 0.3 is 0 Å². The molecule has 1 aromatic heterocycles. The maximum atomic E-state index is 5.92. The van der Waals surface area contributed by atoms with Gasteiger partial charge in [0, 0.05) is 24.0 Å². The third kappa shape index (κ3) is 3.04. The Morgan fingerprint density at radius 1 is 1.32 bits per heavy atom. The number of pyridine rings is 1. The standard InChI is InChI=1S/C16H20N2O/c1-11(2)19-16-9-13(10-17-12-7-8-12)18-15-6-4-3-5-14(15)16/h3-6,9,11-12,17H,7-8,10H2,1-2H3. The smallest absolute Gasteiger partial charge is 0.130 e. The first-order valence-corrected chi connectivity index (χ1v) is 7.01. The number of nitrogens with zero attached hydrogens (tertiary/aromatic N) is 1. The van der Waals surface area contributed by atoms with E-state index in [9.17, 15) is 0 Å². The molecule has 0 unspecified atom stereocenters. The summed E-state index contributed by atoms with van der Waals surface area (Å²) in [5, 5.41) is 4.59. The monoisotopic (exact) mass is 256 g/mol. The van der Waals surface area contributed by atoms with Gasteiger partial charge in [0.15, 0.2) is 0 Å². The summed E-state index contributed by atoms with van der Waals surface area (Å²) in [5.74, 6) is 0.938. The maximum Gasteiger partial charge on any atom is 0.130 e. The van der Waals surface area contributed by atoms with Crippen molar-refractivity contribution in [1.29, 1.82) is 0 Å². The van der Waals surface area contributed by atoms with E-state index in [0.717, 1.165) is 28.9 Å². The van der Waals surface area contributed by atoms with Crippen LogP contribution in [0.3, 0.4) is 0 Å². The number of fused-ring (bicyclic) bond motifs is 1. The first kappa shape index (κ1) is 12.4. The normalized spacial score (nSPS) is 15.1. The van der Waals surface area contributed by atoms with E-state index in [1.165, 1.54) is 12.8 Å². The molecule has 100 valence electrons. The van der Waals surface area contributed by atoms with Crippen molar-refractivity contribution in [2.24, 2.45) is 0 Å². The average molecular weight is 256 g/mol. The Bertz CT molecular complexity index is 576. The molecule has 0 atom stereocenters. The fraction of sp³-hybridized carbons (Fsp3) is 0.438. The Morgan fingerprint density at radius 3 is 2.84 bits per heavy atom. The summed E-state index contributed by atoms with van der Waals surface area (Å²) in [7, 11) is 0. The molecule has 3 nitrogen and oxygen atoms in total. The Labute approximate surface area is 114 Å². The molecule has 1 aliphatic rings. The van der Waals surface area contributed by atoms with Crippen molar-refractivity contribution in [3.63, 3.8) is 0 Å². The lowest BCUT2D eigenvalue weighted by Crippen LogP contribution is -2.16. The summed E-state index contributed by atoms with van der Waals surface area (Å²) in [4.78, 5) is 4.70. The Morgan fingerprint density at radius 2 is 2.11 bits per heavy atom. The molecule has 1 N–H and O–H groups in total. The molecule has 1 aliphatic carbocycles. The number of benzene rings is 1. The second-order valence-electron chi connectivity index (χ2n) is 5.45. The molecule has 0 amide bonds. The fourth-order valence-corrected chi connectivity index (χ4v) is 2.17. The molecule has 0 saturated heterocycles. The van der Waals surface area contributed by atoms with Crippen LogP contribution in [0.25, 0.3) is 10.9 Å². The first-order valence-electron chi connectivity index (χ1n) is 7.01. The molecular weight excluding hydrogens is 236 g/mol. The molecule has 1 aromatic carbocycles. The highest BCUT2D eigenvalue weighted by Gasteiger charge is 2.20. The molecule has 0 bridgehead atoms. The minimum atomic E-state index is 0.176. The second-order valence-corrected chi connectivity index (χ2v) is 5.45. The number of ether oxygens (including phenoxy) is 1. The van der Waals surface area contributed by atoms with E-state index in [4.69, 9.17) is 9.72 Å². The molecule has 1 heterocycles. The van der Waals surface area contributed by atoms with Gasteiger partial charge in [-0.25, -0.2) is 0 Å². The van der Waals surface area contributed by atoms with E-state index < -0.39 is 0 Å². The van der Waals surface area contributed by atoms with Gasteiger partial charge in [-0.1, -0.05) is 12.1 Å². The van der Waals surface area contributed by atoms with Crippen molar-refractivity contribution >= 4 is 10.9 Å². The molecule has 3 rings (SSSR count). The SMILES string of the molecule is CC(C)Oc1cc(CNC2CC2)nc2ccccc12. The first-order chi connectivity index (χ1) is 9.22. The molecule has 0 radical (unpaired) electrons. The molecule has 1 fully saturated rings. The molecule has 2 aromatic rings. The highest BCUT2D eigenvalue weighted by Crippen LogP contribution is 2.27. The van der Waals surface area contributed by atoms with Crippen LogP contribution in [-0.2, 0) is 6.54 Å². The van der Waals surface area contributed by atoms with Gasteiger partial charge in [-0.05, 0) is 38.8 Å². The van der Waals surface area contributed by atoms with E-state index in [1.807, 2.05) is 18.2 Å². The lowest BCUT2D eigenvalue weighted by molar-refractivity contribution is 0.245. The number of rotatable bonds is 5. The average Bonchev–Trinajstić information content (AvgIpc) is 3.20. The van der Waals surface area contributed by atoms with Gasteiger partial charge in [0.25, 0.3) is 0 Å². The quantitative estimate of drug-likeness (QED) is 0.891. The van der Waals surface area contributed by atoms with Crippen molar-refractivity contribution in [3.05, 3.63) is 36.0 Å². The largest absolute Gasteiger partial charge is 0.490 e. The number of hydrogen-bond acceptors (Lipinski definition) is 3. The van der Waals surface area contributed by atoms with Gasteiger partial charge in [0.1, 0.15) is 5.75 Å². The Balaban J connectivity index is 1.93. The van der Waals surface area contributed by atoms with Crippen LogP contribution >= 0.6 is 0 Å². The van der Waals surface area contributed by atoms with Crippen molar-refractivity contribution < 1.29 is 4.74 Å². The van der Waals surface area contributed by atoms with E-state index in [0.29, 0.717) is 6.04 Å². The van der Waals surface area contributed by atoms with Crippen molar-refractivity contribution in [2.75, 3.05) is 0 Å². The van der Waals surface area contributed by atoms with Gasteiger partial charge in [0.05, 0.1) is 17.3 Å². The van der Waals surface area contributed by atoms with E-state index in [1.54, 1.807) is 0 Å². The zero-order valence-corrected chi connectivity index (χ0v) is 11.5. The van der Waals surface area contributed by atoms with Crippen molar-refractivity contribution in [3.8, 4) is 5.75 Å². The summed E-state index contributed by atoms with van der Waals surface area (Å²) < 4.78 is 5.92. The summed E-state index contributed by atoms with van der Waals surface area (Å²) in [6.07, 6.45) is 2.77. The molecular formula is C16H20N2O. The number of aromatic nitrogens is 1. The summed E-state index contributed by atoms with van der Waals surface area (Å²) >= 11 is 0. The zero-order valence-electron chi connectivity index (χ0n) is 11.5. The molecule has 1 saturated carbocycles. The van der Waals surface area contributed by atoms with Crippen LogP contribution in [0, 0.1) is 0 Å². The molecule has 0 spiro atoms. The zero-order chi connectivity index (χ0) is 13.2. The fourth-order valence-electron chi connectivity index (χ4n) is 2.17. The predicted octanol–water partition coefficient (Wildman–Crippen LogP) is 3.27. The van der Waals surface area contributed by atoms with Gasteiger partial charge in [-0.3, -0.25) is 4.98 Å². The van der Waals surface area contributed by atoms with Gasteiger partial charge in [0.2, 0.25) is 0 Å². The third-order valence-electron chi connectivity index (χ3n) is 3.24. The highest BCUT2D eigenvalue weighted by atomic mass is 16.5. The summed E-state index contributed by atoms with van der Waals surface area (Å²) in [6.45, 7) is 4.93. The van der Waals surface area contributed by atoms with E-state index >= 15 is 0 Å². The second kappa shape index (κ2) is 5.17. The van der Waals surface area contributed by atoms with Crippen LogP contribution in [0.1, 0.15) is 32.4 Å². The molecule has 3 heteroatoms. The van der Waals surface area contributed by atoms with Gasteiger partial charge in [-0.15, -0.1) is 0 Å². The predicted molar refractivity (Wildman–Crippen MR) is 77.4 cm³/mol. The lowest BCUT2D eigenvalue weighted by Gasteiger charge is -2.14. The molecule has 19 heavy (non-hydrogen) atoms. The van der Waals surface area contributed by atoms with E-state index in [-0.39, 0.29) is 6.10 Å². The number of hydrogen-bond donors (Lipinski definition) is 1. The van der Waals surface area contributed by atoms with Crippen LogP contribution in [0.2, 0.25) is 0 Å². The minimum Gasteiger partial charge on any atom is -0.490 e. The summed E-state index contributed by atoms with van der Waals surface area (Å²) in [6, 6.07) is 10.9. The Kier molecular flexibility index (Phi) is 3.38. The van der Waals surface area contributed by atoms with Crippen LogP contribution in [-0.4, -0.2) is 17.1 Å². The van der Waals surface area contributed by atoms with Crippen molar-refractivity contribution in [1.82, 2.24) is 10.3 Å². The maximum absolute atomic E-state index is 5.92. The summed E-state index contributed by atoms with van der Waals surface area (Å²) in [5.41, 5.74) is 2.06. The van der Waals surface area contributed by atoms with E-state index in [2.05, 4.69) is 31.3 Å². The van der Waals surface area contributed by atoms with Crippen LogP contribution in [0.15, 0.2) is 30.3 Å². The van der Waals surface area contributed by atoms with Gasteiger partial charge < -0.3 is 10.1 Å². The topological polar surface area (TPSA) is 34.1 Å². The Hall–Kier alpha value is -1.61. The van der Waals surface area contributed by atoms with Crippen LogP contribution in [0.5, 0.6) is 5.75 Å².